The smallest absolute Gasteiger partial charge is 0.106 e. The van der Waals surface area contributed by atoms with Crippen LogP contribution in [-0.4, -0.2) is 71.6 Å². The molecule has 0 saturated heterocycles. The molecule has 0 aromatic carbocycles. The van der Waals surface area contributed by atoms with Crippen molar-refractivity contribution in [2.75, 3.05) is 59.3 Å². The molecule has 0 saturated carbocycles. The predicted octanol–water partition coefficient (Wildman–Crippen LogP) is -1.48. The first-order valence-corrected chi connectivity index (χ1v) is 8.83. The second kappa shape index (κ2) is 18.0. The Kier molecular flexibility index (Phi) is 17.8. The molecule has 0 spiro atoms. The van der Waals surface area contributed by atoms with Crippen LogP contribution in [-0.2, 0) is 4.74 Å². The van der Waals surface area contributed by atoms with Gasteiger partial charge in [0.1, 0.15) is 6.23 Å². The number of hydrogen-bond donors (Lipinski definition) is 7. The minimum absolute atomic E-state index is 0.0318. The van der Waals surface area contributed by atoms with Gasteiger partial charge in [-0.25, -0.2) is 0 Å². The van der Waals surface area contributed by atoms with E-state index in [1.165, 1.54) is 6.42 Å². The largest absolute Gasteiger partial charge is 0.359 e. The maximum Gasteiger partial charge on any atom is 0.106 e. The Balaban J connectivity index is 3.31. The molecule has 8 nitrogen and oxygen atoms in total. The topological polar surface area (TPSA) is 107 Å². The third kappa shape index (κ3) is 17.9. The highest BCUT2D eigenvalue weighted by atomic mass is 16.5. The van der Waals surface area contributed by atoms with Crippen LogP contribution in [0.15, 0.2) is 0 Å². The van der Waals surface area contributed by atoms with Gasteiger partial charge in [-0.3, -0.25) is 10.6 Å². The summed E-state index contributed by atoms with van der Waals surface area (Å²) < 4.78 is 5.86. The fourth-order valence-corrected chi connectivity index (χ4v) is 1.96. The summed E-state index contributed by atoms with van der Waals surface area (Å²) in [6, 6.07) is 0. The van der Waals surface area contributed by atoms with Gasteiger partial charge in [0, 0.05) is 52.7 Å². The van der Waals surface area contributed by atoms with E-state index in [4.69, 9.17) is 10.5 Å². The molecular weight excluding hydrogens is 294 g/mol. The van der Waals surface area contributed by atoms with Crippen molar-refractivity contribution < 1.29 is 4.74 Å². The molecule has 0 aromatic heterocycles. The molecule has 8 N–H and O–H groups in total. The second-order valence-electron chi connectivity index (χ2n) is 5.55. The molecule has 2 atom stereocenters. The standard InChI is InChI=1S/C15H39N7O/c1-4-5-17-6-7-18-10-14(2)23-15(3)22-13-20-9-8-19-12-21-11-16/h14-15,17-22H,4-13,16H2,1-3H3/t14-,15+/m0/s1. The third-order valence-corrected chi connectivity index (χ3v) is 3.16. The van der Waals surface area contributed by atoms with Crippen LogP contribution in [0.3, 0.4) is 0 Å². The van der Waals surface area contributed by atoms with Crippen LogP contribution in [0.25, 0.3) is 0 Å². The van der Waals surface area contributed by atoms with Crippen LogP contribution >= 0.6 is 0 Å². The molecule has 0 unspecified atom stereocenters. The first-order valence-electron chi connectivity index (χ1n) is 8.83. The zero-order valence-corrected chi connectivity index (χ0v) is 15.2. The molecule has 8 heteroatoms. The Labute approximate surface area is 142 Å². The van der Waals surface area contributed by atoms with E-state index in [9.17, 15) is 0 Å². The molecule has 0 rings (SSSR count). The van der Waals surface area contributed by atoms with Crippen molar-refractivity contribution in [2.45, 2.75) is 39.5 Å². The summed E-state index contributed by atoms with van der Waals surface area (Å²) in [7, 11) is 0. The Morgan fingerprint density at radius 3 is 2.17 bits per heavy atom. The number of hydrogen-bond acceptors (Lipinski definition) is 8. The monoisotopic (exact) mass is 333 g/mol. The zero-order chi connectivity index (χ0) is 17.2. The van der Waals surface area contributed by atoms with Gasteiger partial charge < -0.3 is 31.7 Å². The average Bonchev–Trinajstić information content (AvgIpc) is 2.53. The first-order chi connectivity index (χ1) is 11.2. The van der Waals surface area contributed by atoms with E-state index in [0.717, 1.165) is 52.6 Å². The SMILES string of the molecule is CCCNCCNC[C@H](C)O[C@H](C)NCNCCNCNCN. The normalized spacial score (nSPS) is 14.1. The predicted molar refractivity (Wildman–Crippen MR) is 97.1 cm³/mol. The van der Waals surface area contributed by atoms with E-state index in [1.807, 2.05) is 6.92 Å². The van der Waals surface area contributed by atoms with Gasteiger partial charge in [0.25, 0.3) is 0 Å². The summed E-state index contributed by atoms with van der Waals surface area (Å²) in [6.45, 7) is 14.0. The molecule has 0 aliphatic carbocycles. The second-order valence-corrected chi connectivity index (χ2v) is 5.55. The van der Waals surface area contributed by atoms with Crippen molar-refractivity contribution >= 4 is 0 Å². The van der Waals surface area contributed by atoms with E-state index in [1.54, 1.807) is 0 Å². The lowest BCUT2D eigenvalue weighted by atomic mass is 10.4. The highest BCUT2D eigenvalue weighted by Gasteiger charge is 2.07. The van der Waals surface area contributed by atoms with Gasteiger partial charge in [0.05, 0.1) is 6.10 Å². The van der Waals surface area contributed by atoms with Crippen LogP contribution in [0.1, 0.15) is 27.2 Å². The Morgan fingerprint density at radius 1 is 0.826 bits per heavy atom. The molecule has 0 amide bonds. The van der Waals surface area contributed by atoms with Crippen molar-refractivity contribution in [1.82, 2.24) is 31.9 Å². The van der Waals surface area contributed by atoms with Crippen LogP contribution in [0.2, 0.25) is 0 Å². The maximum absolute atomic E-state index is 5.86. The van der Waals surface area contributed by atoms with Gasteiger partial charge in [-0.15, -0.1) is 0 Å². The molecular formula is C15H39N7O. The first kappa shape index (κ1) is 22.7. The summed E-state index contributed by atoms with van der Waals surface area (Å²) >= 11 is 0. The van der Waals surface area contributed by atoms with E-state index in [-0.39, 0.29) is 12.3 Å². The molecule has 0 bridgehead atoms. The maximum atomic E-state index is 5.86. The number of ether oxygens (including phenoxy) is 1. The fraction of sp³-hybridized carbons (Fsp3) is 1.00. The van der Waals surface area contributed by atoms with Crippen molar-refractivity contribution in [3.05, 3.63) is 0 Å². The van der Waals surface area contributed by atoms with Crippen LogP contribution < -0.4 is 37.6 Å². The van der Waals surface area contributed by atoms with Crippen LogP contribution in [0.4, 0.5) is 0 Å². The van der Waals surface area contributed by atoms with Gasteiger partial charge in [-0.05, 0) is 26.8 Å². The highest BCUT2D eigenvalue weighted by molar-refractivity contribution is 4.60. The van der Waals surface area contributed by atoms with Crippen molar-refractivity contribution in [2.24, 2.45) is 5.73 Å². The van der Waals surface area contributed by atoms with E-state index < -0.39 is 0 Å². The number of rotatable bonds is 18. The molecule has 140 valence electrons. The molecule has 0 radical (unpaired) electrons. The Hall–Kier alpha value is -0.320. The summed E-state index contributed by atoms with van der Waals surface area (Å²) in [4.78, 5) is 0. The quantitative estimate of drug-likeness (QED) is 0.120. The van der Waals surface area contributed by atoms with Crippen molar-refractivity contribution in [3.8, 4) is 0 Å². The lowest BCUT2D eigenvalue weighted by Crippen LogP contribution is -2.43. The van der Waals surface area contributed by atoms with E-state index in [0.29, 0.717) is 6.67 Å². The molecule has 0 heterocycles. The van der Waals surface area contributed by atoms with Gasteiger partial charge in [0.2, 0.25) is 0 Å². The van der Waals surface area contributed by atoms with Gasteiger partial charge in [-0.2, -0.15) is 0 Å². The van der Waals surface area contributed by atoms with Crippen molar-refractivity contribution in [1.29, 1.82) is 0 Å². The molecule has 0 aliphatic heterocycles. The number of nitrogens with two attached hydrogens (primary N) is 1. The van der Waals surface area contributed by atoms with E-state index in [2.05, 4.69) is 45.7 Å². The lowest BCUT2D eigenvalue weighted by Gasteiger charge is -2.21. The van der Waals surface area contributed by atoms with Gasteiger partial charge >= 0.3 is 0 Å². The van der Waals surface area contributed by atoms with Gasteiger partial charge in [0.15, 0.2) is 0 Å². The fourth-order valence-electron chi connectivity index (χ4n) is 1.96. The minimum atomic E-state index is 0.0318. The number of nitrogens with one attached hydrogen (secondary N) is 6. The van der Waals surface area contributed by atoms with Crippen LogP contribution in [0, 0.1) is 0 Å². The minimum Gasteiger partial charge on any atom is -0.359 e. The van der Waals surface area contributed by atoms with Gasteiger partial charge in [-0.1, -0.05) is 6.92 Å². The Bertz CT molecular complexity index is 234. The molecule has 23 heavy (non-hydrogen) atoms. The summed E-state index contributed by atoms with van der Waals surface area (Å²) in [5.74, 6) is 0. The van der Waals surface area contributed by atoms with Crippen LogP contribution in [0.5, 0.6) is 0 Å². The van der Waals surface area contributed by atoms with Crippen molar-refractivity contribution in [3.63, 3.8) is 0 Å². The summed E-state index contributed by atoms with van der Waals surface area (Å²) in [6.07, 6.45) is 1.40. The molecule has 0 fully saturated rings. The summed E-state index contributed by atoms with van der Waals surface area (Å²) in [5.41, 5.74) is 5.32. The van der Waals surface area contributed by atoms with E-state index >= 15 is 0 Å². The zero-order valence-electron chi connectivity index (χ0n) is 15.2. The lowest BCUT2D eigenvalue weighted by molar-refractivity contribution is -0.00990. The average molecular weight is 334 g/mol. The third-order valence-electron chi connectivity index (χ3n) is 3.16. The Morgan fingerprint density at radius 2 is 1.48 bits per heavy atom. The summed E-state index contributed by atoms with van der Waals surface area (Å²) in [5, 5.41) is 19.6. The molecule has 0 aliphatic rings. The molecule has 0 aromatic rings. The highest BCUT2D eigenvalue weighted by Crippen LogP contribution is 1.93.